The summed E-state index contributed by atoms with van der Waals surface area (Å²) in [5, 5.41) is 12.7. The number of hydrogen-bond donors (Lipinski definition) is 2. The Hall–Kier alpha value is -1.20. The Bertz CT molecular complexity index is 503. The molecule has 23 heavy (non-hydrogen) atoms. The number of carbonyl (C=O) groups excluding carboxylic acids is 1. The third-order valence-electron chi connectivity index (χ3n) is 4.83. The van der Waals surface area contributed by atoms with Crippen molar-refractivity contribution < 1.29 is 9.90 Å². The first kappa shape index (κ1) is 16.7. The summed E-state index contributed by atoms with van der Waals surface area (Å²) in [5.74, 6) is 1.66. The number of rotatable bonds is 4. The Morgan fingerprint density at radius 1 is 1.17 bits per heavy atom. The predicted molar refractivity (Wildman–Crippen MR) is 93.6 cm³/mol. The van der Waals surface area contributed by atoms with Crippen LogP contribution < -0.4 is 5.32 Å². The zero-order valence-electron chi connectivity index (χ0n) is 13.5. The normalized spacial score (nSPS) is 27.9. The van der Waals surface area contributed by atoms with Crippen molar-refractivity contribution in [2.24, 2.45) is 5.92 Å². The number of nitrogens with zero attached hydrogens (tertiary/aromatic N) is 1. The molecule has 1 aliphatic carbocycles. The van der Waals surface area contributed by atoms with E-state index in [0.29, 0.717) is 5.92 Å². The monoisotopic (exact) mass is 334 g/mol. The van der Waals surface area contributed by atoms with E-state index in [1.165, 1.54) is 4.90 Å². The molecule has 4 nitrogen and oxygen atoms in total. The van der Waals surface area contributed by atoms with Gasteiger partial charge in [-0.15, -0.1) is 11.8 Å². The molecule has 0 aromatic heterocycles. The molecule has 1 aromatic rings. The number of hydrogen-bond acceptors (Lipinski definition) is 3. The SMILES string of the molecule is O=C(NC1CCC(O)CC1)N1CCC(CSc2ccccc2)C1. The largest absolute Gasteiger partial charge is 0.393 e. The van der Waals surface area contributed by atoms with E-state index in [4.69, 9.17) is 0 Å². The van der Waals surface area contributed by atoms with Crippen LogP contribution in [0.2, 0.25) is 0 Å². The van der Waals surface area contributed by atoms with Gasteiger partial charge in [0.2, 0.25) is 0 Å². The first-order valence-electron chi connectivity index (χ1n) is 8.62. The smallest absolute Gasteiger partial charge is 0.317 e. The average Bonchev–Trinajstić information content (AvgIpc) is 3.05. The molecule has 1 aliphatic heterocycles. The Kier molecular flexibility index (Phi) is 5.84. The standard InChI is InChI=1S/C18H26N2O2S/c21-16-8-6-15(7-9-16)19-18(22)20-11-10-14(12-20)13-23-17-4-2-1-3-5-17/h1-5,14-16,21H,6-13H2,(H,19,22). The molecule has 2 fully saturated rings. The van der Waals surface area contributed by atoms with E-state index in [2.05, 4.69) is 29.6 Å². The van der Waals surface area contributed by atoms with Crippen molar-refractivity contribution in [2.75, 3.05) is 18.8 Å². The molecule has 0 spiro atoms. The van der Waals surface area contributed by atoms with Gasteiger partial charge in [0, 0.05) is 29.8 Å². The van der Waals surface area contributed by atoms with Gasteiger partial charge in [0.15, 0.2) is 0 Å². The van der Waals surface area contributed by atoms with E-state index < -0.39 is 0 Å². The number of aliphatic hydroxyl groups is 1. The highest BCUT2D eigenvalue weighted by Gasteiger charge is 2.28. The van der Waals surface area contributed by atoms with Crippen LogP contribution in [0.25, 0.3) is 0 Å². The molecule has 1 aromatic carbocycles. The van der Waals surface area contributed by atoms with E-state index in [-0.39, 0.29) is 18.2 Å². The summed E-state index contributed by atoms with van der Waals surface area (Å²) in [6, 6.07) is 10.8. The van der Waals surface area contributed by atoms with E-state index in [0.717, 1.165) is 50.9 Å². The van der Waals surface area contributed by atoms with Crippen molar-refractivity contribution in [3.05, 3.63) is 30.3 Å². The summed E-state index contributed by atoms with van der Waals surface area (Å²) in [7, 11) is 0. The molecule has 3 rings (SSSR count). The third kappa shape index (κ3) is 4.88. The van der Waals surface area contributed by atoms with Gasteiger partial charge < -0.3 is 15.3 Å². The molecule has 0 bridgehead atoms. The Balaban J connectivity index is 1.39. The fourth-order valence-electron chi connectivity index (χ4n) is 3.37. The van der Waals surface area contributed by atoms with Gasteiger partial charge in [-0.3, -0.25) is 0 Å². The average molecular weight is 334 g/mol. The highest BCUT2D eigenvalue weighted by atomic mass is 32.2. The highest BCUT2D eigenvalue weighted by Crippen LogP contribution is 2.26. The lowest BCUT2D eigenvalue weighted by Crippen LogP contribution is -2.45. The Labute approximate surface area is 142 Å². The summed E-state index contributed by atoms with van der Waals surface area (Å²) in [6.07, 6.45) is 4.33. The topological polar surface area (TPSA) is 52.6 Å². The van der Waals surface area contributed by atoms with Crippen molar-refractivity contribution >= 4 is 17.8 Å². The van der Waals surface area contributed by atoms with Crippen molar-refractivity contribution in [1.82, 2.24) is 10.2 Å². The van der Waals surface area contributed by atoms with Crippen molar-refractivity contribution in [3.8, 4) is 0 Å². The van der Waals surface area contributed by atoms with Gasteiger partial charge >= 0.3 is 6.03 Å². The minimum atomic E-state index is -0.172. The summed E-state index contributed by atoms with van der Waals surface area (Å²) < 4.78 is 0. The van der Waals surface area contributed by atoms with Crippen LogP contribution in [0.5, 0.6) is 0 Å². The van der Waals surface area contributed by atoms with Crippen LogP contribution in [-0.4, -0.2) is 47.0 Å². The fourth-order valence-corrected chi connectivity index (χ4v) is 4.42. The second-order valence-corrected chi connectivity index (χ2v) is 7.77. The van der Waals surface area contributed by atoms with Crippen molar-refractivity contribution in [1.29, 1.82) is 0 Å². The molecule has 5 heteroatoms. The highest BCUT2D eigenvalue weighted by molar-refractivity contribution is 7.99. The zero-order valence-corrected chi connectivity index (χ0v) is 14.3. The van der Waals surface area contributed by atoms with E-state index >= 15 is 0 Å². The van der Waals surface area contributed by atoms with E-state index in [9.17, 15) is 9.90 Å². The van der Waals surface area contributed by atoms with Crippen LogP contribution in [0, 0.1) is 5.92 Å². The second-order valence-electron chi connectivity index (χ2n) is 6.68. The lowest BCUT2D eigenvalue weighted by molar-refractivity contribution is 0.115. The number of amides is 2. The number of nitrogens with one attached hydrogen (secondary N) is 1. The van der Waals surface area contributed by atoms with Gasteiger partial charge in [0.05, 0.1) is 6.10 Å². The van der Waals surface area contributed by atoms with Crippen LogP contribution in [0.15, 0.2) is 35.2 Å². The molecule has 2 N–H and O–H groups in total. The molecule has 1 heterocycles. The Morgan fingerprint density at radius 3 is 2.65 bits per heavy atom. The van der Waals surface area contributed by atoms with Crippen LogP contribution >= 0.6 is 11.8 Å². The number of aliphatic hydroxyl groups excluding tert-OH is 1. The van der Waals surface area contributed by atoms with Crippen molar-refractivity contribution in [2.45, 2.75) is 49.1 Å². The first-order valence-corrected chi connectivity index (χ1v) is 9.60. The number of urea groups is 1. The molecular weight excluding hydrogens is 308 g/mol. The van der Waals surface area contributed by atoms with Crippen LogP contribution in [0.3, 0.4) is 0 Å². The maximum Gasteiger partial charge on any atom is 0.317 e. The Morgan fingerprint density at radius 2 is 1.91 bits per heavy atom. The number of benzene rings is 1. The van der Waals surface area contributed by atoms with Gasteiger partial charge in [-0.25, -0.2) is 4.79 Å². The van der Waals surface area contributed by atoms with Gasteiger partial charge in [-0.05, 0) is 50.2 Å². The molecule has 1 unspecified atom stereocenters. The van der Waals surface area contributed by atoms with Crippen LogP contribution in [0.4, 0.5) is 4.79 Å². The molecule has 1 saturated carbocycles. The molecule has 126 valence electrons. The summed E-state index contributed by atoms with van der Waals surface area (Å²) in [4.78, 5) is 15.6. The molecule has 1 atom stereocenters. The van der Waals surface area contributed by atoms with E-state index in [1.54, 1.807) is 0 Å². The van der Waals surface area contributed by atoms with Crippen LogP contribution in [0.1, 0.15) is 32.1 Å². The lowest BCUT2D eigenvalue weighted by atomic mass is 9.93. The van der Waals surface area contributed by atoms with Crippen molar-refractivity contribution in [3.63, 3.8) is 0 Å². The quantitative estimate of drug-likeness (QED) is 0.832. The van der Waals surface area contributed by atoms with Crippen LogP contribution in [-0.2, 0) is 0 Å². The molecule has 1 saturated heterocycles. The van der Waals surface area contributed by atoms with Gasteiger partial charge in [0.1, 0.15) is 0 Å². The first-order chi connectivity index (χ1) is 11.2. The predicted octanol–water partition coefficient (Wildman–Crippen LogP) is 3.11. The fraction of sp³-hybridized carbons (Fsp3) is 0.611. The lowest BCUT2D eigenvalue weighted by Gasteiger charge is -2.28. The minimum absolute atomic E-state index is 0.0820. The second kappa shape index (κ2) is 8.06. The third-order valence-corrected chi connectivity index (χ3v) is 6.07. The summed E-state index contributed by atoms with van der Waals surface area (Å²) in [5.41, 5.74) is 0. The van der Waals surface area contributed by atoms with Gasteiger partial charge in [0.25, 0.3) is 0 Å². The molecule has 2 amide bonds. The number of likely N-dealkylation sites (tertiary alicyclic amines) is 1. The maximum absolute atomic E-state index is 12.4. The van der Waals surface area contributed by atoms with Gasteiger partial charge in [-0.2, -0.15) is 0 Å². The molecule has 0 radical (unpaired) electrons. The number of thioether (sulfide) groups is 1. The zero-order chi connectivity index (χ0) is 16.1. The molecule has 2 aliphatic rings. The van der Waals surface area contributed by atoms with Gasteiger partial charge in [-0.1, -0.05) is 18.2 Å². The van der Waals surface area contributed by atoms with E-state index in [1.807, 2.05) is 22.7 Å². The minimum Gasteiger partial charge on any atom is -0.393 e. The summed E-state index contributed by atoms with van der Waals surface area (Å²) in [6.45, 7) is 1.72. The number of carbonyl (C=O) groups is 1. The molecular formula is C18H26N2O2S. The summed E-state index contributed by atoms with van der Waals surface area (Å²) >= 11 is 1.88. The maximum atomic E-state index is 12.4.